The van der Waals surface area contributed by atoms with Crippen LogP contribution in [-0.2, 0) is 14.6 Å². The maximum Gasteiger partial charge on any atom is 0.239 e. The minimum absolute atomic E-state index is 0.0870. The number of anilines is 1. The zero-order valence-electron chi connectivity index (χ0n) is 8.40. The van der Waals surface area contributed by atoms with Crippen LogP contribution in [0.2, 0.25) is 0 Å². The third-order valence-electron chi connectivity index (χ3n) is 1.62. The highest BCUT2D eigenvalue weighted by Crippen LogP contribution is 2.19. The van der Waals surface area contributed by atoms with Crippen molar-refractivity contribution in [2.24, 2.45) is 0 Å². The zero-order valence-corrected chi connectivity index (χ0v) is 9.21. The molecule has 0 aliphatic rings. The summed E-state index contributed by atoms with van der Waals surface area (Å²) in [7, 11) is -3.42. The summed E-state index contributed by atoms with van der Waals surface area (Å²) in [4.78, 5) is 11.1. The molecule has 7 heteroatoms. The van der Waals surface area contributed by atoms with Gasteiger partial charge < -0.3 is 10.4 Å². The number of carbonyl (C=O) groups is 1. The van der Waals surface area contributed by atoms with Gasteiger partial charge in [-0.25, -0.2) is 12.8 Å². The van der Waals surface area contributed by atoms with E-state index in [-0.39, 0.29) is 5.69 Å². The molecule has 0 aliphatic heterocycles. The Labute approximate surface area is 91.8 Å². The van der Waals surface area contributed by atoms with Crippen molar-refractivity contribution in [3.8, 4) is 5.75 Å². The molecule has 0 bridgehead atoms. The molecular weight excluding hydrogens is 237 g/mol. The first-order valence-corrected chi connectivity index (χ1v) is 6.30. The summed E-state index contributed by atoms with van der Waals surface area (Å²) in [5.74, 6) is -2.86. The van der Waals surface area contributed by atoms with Crippen molar-refractivity contribution < 1.29 is 22.7 Å². The van der Waals surface area contributed by atoms with Crippen LogP contribution in [-0.4, -0.2) is 31.4 Å². The minimum atomic E-state index is -3.42. The average Bonchev–Trinajstić information content (AvgIpc) is 2.08. The van der Waals surface area contributed by atoms with E-state index in [4.69, 9.17) is 5.11 Å². The van der Waals surface area contributed by atoms with E-state index in [1.54, 1.807) is 0 Å². The maximum atomic E-state index is 12.8. The van der Waals surface area contributed by atoms with Gasteiger partial charge in [0.2, 0.25) is 5.91 Å². The zero-order chi connectivity index (χ0) is 12.3. The molecule has 88 valence electrons. The number of amides is 1. The molecule has 0 heterocycles. The summed E-state index contributed by atoms with van der Waals surface area (Å²) >= 11 is 0. The van der Waals surface area contributed by atoms with Gasteiger partial charge in [-0.05, 0) is 12.1 Å². The lowest BCUT2D eigenvalue weighted by atomic mass is 10.3. The quantitative estimate of drug-likeness (QED) is 0.762. The van der Waals surface area contributed by atoms with Gasteiger partial charge in [0.1, 0.15) is 5.75 Å². The molecule has 0 radical (unpaired) electrons. The van der Waals surface area contributed by atoms with E-state index in [2.05, 4.69) is 5.32 Å². The van der Waals surface area contributed by atoms with Crippen molar-refractivity contribution >= 4 is 21.4 Å². The van der Waals surface area contributed by atoms with Crippen LogP contribution >= 0.6 is 0 Å². The molecule has 1 amide bonds. The summed E-state index contributed by atoms with van der Waals surface area (Å²) in [6.45, 7) is 0. The number of rotatable bonds is 3. The van der Waals surface area contributed by atoms with Crippen LogP contribution in [0.4, 0.5) is 10.1 Å². The van der Waals surface area contributed by atoms with Crippen LogP contribution in [0.5, 0.6) is 5.75 Å². The molecule has 16 heavy (non-hydrogen) atoms. The SMILES string of the molecule is CS(=O)(=O)CC(=O)Nc1ccc(O)c(F)c1. The topological polar surface area (TPSA) is 83.5 Å². The third kappa shape index (κ3) is 3.85. The van der Waals surface area contributed by atoms with E-state index in [1.165, 1.54) is 6.07 Å². The van der Waals surface area contributed by atoms with Crippen LogP contribution in [0, 0.1) is 5.82 Å². The minimum Gasteiger partial charge on any atom is -0.505 e. The molecule has 0 spiro atoms. The molecule has 0 unspecified atom stereocenters. The molecule has 1 aromatic carbocycles. The van der Waals surface area contributed by atoms with Crippen molar-refractivity contribution in [1.82, 2.24) is 0 Å². The predicted molar refractivity (Wildman–Crippen MR) is 56.4 cm³/mol. The van der Waals surface area contributed by atoms with Gasteiger partial charge in [0.25, 0.3) is 0 Å². The van der Waals surface area contributed by atoms with Gasteiger partial charge in [-0.1, -0.05) is 0 Å². The van der Waals surface area contributed by atoms with E-state index in [1.807, 2.05) is 0 Å². The number of carbonyl (C=O) groups excluding carboxylic acids is 1. The smallest absolute Gasteiger partial charge is 0.239 e. The second-order valence-electron chi connectivity index (χ2n) is 3.28. The van der Waals surface area contributed by atoms with Crippen LogP contribution < -0.4 is 5.32 Å². The highest BCUT2D eigenvalue weighted by Gasteiger charge is 2.11. The Kier molecular flexibility index (Phi) is 3.48. The van der Waals surface area contributed by atoms with Gasteiger partial charge in [-0.15, -0.1) is 0 Å². The molecule has 0 atom stereocenters. The number of halogens is 1. The fourth-order valence-electron chi connectivity index (χ4n) is 1.02. The van der Waals surface area contributed by atoms with Crippen LogP contribution in [0.1, 0.15) is 0 Å². The van der Waals surface area contributed by atoms with E-state index in [9.17, 15) is 17.6 Å². The number of nitrogens with one attached hydrogen (secondary N) is 1. The van der Waals surface area contributed by atoms with Crippen molar-refractivity contribution in [2.45, 2.75) is 0 Å². The van der Waals surface area contributed by atoms with Crippen molar-refractivity contribution in [3.05, 3.63) is 24.0 Å². The van der Waals surface area contributed by atoms with Gasteiger partial charge in [-0.3, -0.25) is 4.79 Å². The molecule has 0 aromatic heterocycles. The summed E-state index contributed by atoms with van der Waals surface area (Å²) in [5, 5.41) is 11.1. The van der Waals surface area contributed by atoms with Gasteiger partial charge >= 0.3 is 0 Å². The Bertz CT molecular complexity index is 512. The van der Waals surface area contributed by atoms with E-state index < -0.39 is 33.1 Å². The first kappa shape index (κ1) is 12.4. The maximum absolute atomic E-state index is 12.8. The fraction of sp³-hybridized carbons (Fsp3) is 0.222. The van der Waals surface area contributed by atoms with Gasteiger partial charge in [0.15, 0.2) is 21.4 Å². The summed E-state index contributed by atoms with van der Waals surface area (Å²) in [6.07, 6.45) is 0.921. The van der Waals surface area contributed by atoms with Crippen LogP contribution in [0.3, 0.4) is 0 Å². The van der Waals surface area contributed by atoms with Gasteiger partial charge in [0.05, 0.1) is 0 Å². The second-order valence-corrected chi connectivity index (χ2v) is 5.42. The molecular formula is C9H10FNO4S. The van der Waals surface area contributed by atoms with Crippen molar-refractivity contribution in [3.63, 3.8) is 0 Å². The lowest BCUT2D eigenvalue weighted by molar-refractivity contribution is -0.113. The largest absolute Gasteiger partial charge is 0.505 e. The third-order valence-corrected chi connectivity index (χ3v) is 2.41. The molecule has 0 saturated carbocycles. The van der Waals surface area contributed by atoms with E-state index in [0.29, 0.717) is 0 Å². The van der Waals surface area contributed by atoms with Crippen molar-refractivity contribution in [1.29, 1.82) is 0 Å². The van der Waals surface area contributed by atoms with Crippen molar-refractivity contribution in [2.75, 3.05) is 17.3 Å². The van der Waals surface area contributed by atoms with Crippen LogP contribution in [0.25, 0.3) is 0 Å². The summed E-state index contributed by atoms with van der Waals surface area (Å²) in [5.41, 5.74) is 0.0870. The molecule has 2 N–H and O–H groups in total. The van der Waals surface area contributed by atoms with Gasteiger partial charge in [-0.2, -0.15) is 0 Å². The standard InChI is InChI=1S/C9H10FNO4S/c1-16(14,15)5-9(13)11-6-2-3-8(12)7(10)4-6/h2-4,12H,5H2,1H3,(H,11,13). The first-order valence-electron chi connectivity index (χ1n) is 4.24. The van der Waals surface area contributed by atoms with Gasteiger partial charge in [0, 0.05) is 18.0 Å². The number of benzene rings is 1. The Morgan fingerprint density at radius 1 is 1.50 bits per heavy atom. The monoisotopic (exact) mass is 247 g/mol. The number of hydrogen-bond acceptors (Lipinski definition) is 4. The highest BCUT2D eigenvalue weighted by molar-refractivity contribution is 7.91. The Hall–Kier alpha value is -1.63. The molecule has 1 aromatic rings. The second kappa shape index (κ2) is 4.48. The average molecular weight is 247 g/mol. The number of hydrogen-bond donors (Lipinski definition) is 2. The molecule has 1 rings (SSSR count). The number of sulfone groups is 1. The predicted octanol–water partition coefficient (Wildman–Crippen LogP) is 0.514. The number of phenolic OH excluding ortho intramolecular Hbond substituents is 1. The Morgan fingerprint density at radius 2 is 2.12 bits per heavy atom. The van der Waals surface area contributed by atoms with Crippen LogP contribution in [0.15, 0.2) is 18.2 Å². The number of phenols is 1. The molecule has 0 aliphatic carbocycles. The molecule has 0 saturated heterocycles. The molecule has 5 nitrogen and oxygen atoms in total. The Morgan fingerprint density at radius 3 is 2.62 bits per heavy atom. The highest BCUT2D eigenvalue weighted by atomic mass is 32.2. The summed E-state index contributed by atoms with van der Waals surface area (Å²) in [6, 6.07) is 3.22. The lowest BCUT2D eigenvalue weighted by Crippen LogP contribution is -2.21. The summed E-state index contributed by atoms with van der Waals surface area (Å²) < 4.78 is 34.4. The number of aromatic hydroxyl groups is 1. The molecule has 0 fully saturated rings. The fourth-order valence-corrected chi connectivity index (χ4v) is 1.57. The Balaban J connectivity index is 2.74. The normalized spacial score (nSPS) is 11.1. The first-order chi connectivity index (χ1) is 7.28. The van der Waals surface area contributed by atoms with E-state index in [0.717, 1.165) is 18.4 Å². The van der Waals surface area contributed by atoms with E-state index >= 15 is 0 Å². The lowest BCUT2D eigenvalue weighted by Gasteiger charge is -2.04.